The van der Waals surface area contributed by atoms with Crippen LogP contribution in [0.2, 0.25) is 0 Å². The van der Waals surface area contributed by atoms with Crippen LogP contribution >= 0.6 is 23.1 Å². The summed E-state index contributed by atoms with van der Waals surface area (Å²) in [6.07, 6.45) is 6.00. The summed E-state index contributed by atoms with van der Waals surface area (Å²) in [6, 6.07) is 0. The van der Waals surface area contributed by atoms with E-state index >= 15 is 0 Å². The maximum atomic E-state index is 10.7. The van der Waals surface area contributed by atoms with Crippen LogP contribution in [0.15, 0.2) is 11.4 Å². The molecule has 2 aromatic rings. The molecule has 0 bridgehead atoms. The predicted octanol–water partition coefficient (Wildman–Crippen LogP) is 4.80. The number of aryl methyl sites for hydroxylation is 1. The van der Waals surface area contributed by atoms with Gasteiger partial charge in [0, 0.05) is 22.4 Å². The first-order chi connectivity index (χ1) is 11.4. The summed E-state index contributed by atoms with van der Waals surface area (Å²) in [4.78, 5) is 22.2. The molecular formula is C18H24N2O2S2. The molecule has 0 aliphatic heterocycles. The van der Waals surface area contributed by atoms with Crippen LogP contribution in [0.25, 0.3) is 10.2 Å². The van der Waals surface area contributed by atoms with Gasteiger partial charge in [-0.25, -0.2) is 9.97 Å². The molecule has 4 nitrogen and oxygen atoms in total. The Morgan fingerprint density at radius 3 is 2.92 bits per heavy atom. The topological polar surface area (TPSA) is 63.1 Å². The number of thioether (sulfide) groups is 1. The molecule has 0 saturated heterocycles. The minimum atomic E-state index is -0.732. The van der Waals surface area contributed by atoms with Crippen LogP contribution in [-0.4, -0.2) is 26.8 Å². The molecule has 1 aliphatic carbocycles. The average molecular weight is 365 g/mol. The van der Waals surface area contributed by atoms with Crippen LogP contribution in [0.1, 0.15) is 50.5 Å². The summed E-state index contributed by atoms with van der Waals surface area (Å²) in [5.74, 6) is 0.774. The third-order valence-corrected chi connectivity index (χ3v) is 7.05. The van der Waals surface area contributed by atoms with Gasteiger partial charge in [0.15, 0.2) is 0 Å². The van der Waals surface area contributed by atoms with Gasteiger partial charge in [-0.15, -0.1) is 23.1 Å². The Kier molecular flexibility index (Phi) is 5.16. The predicted molar refractivity (Wildman–Crippen MR) is 100.0 cm³/mol. The Morgan fingerprint density at radius 1 is 1.42 bits per heavy atom. The molecule has 2 aromatic heterocycles. The van der Waals surface area contributed by atoms with Crippen LogP contribution in [0.4, 0.5) is 0 Å². The van der Waals surface area contributed by atoms with E-state index in [1.54, 1.807) is 18.1 Å². The van der Waals surface area contributed by atoms with E-state index in [9.17, 15) is 4.79 Å². The highest BCUT2D eigenvalue weighted by molar-refractivity contribution is 7.99. The van der Waals surface area contributed by atoms with E-state index in [1.807, 2.05) is 11.3 Å². The minimum Gasteiger partial charge on any atom is -0.481 e. The molecular weight excluding hydrogens is 340 g/mol. The number of carbonyl (C=O) groups is 1. The molecule has 0 amide bonds. The summed E-state index contributed by atoms with van der Waals surface area (Å²) in [5, 5.41) is 11.0. The summed E-state index contributed by atoms with van der Waals surface area (Å²) in [7, 11) is 0. The van der Waals surface area contributed by atoms with E-state index in [4.69, 9.17) is 5.11 Å². The molecule has 1 aliphatic rings. The highest BCUT2D eigenvalue weighted by Crippen LogP contribution is 2.44. The summed E-state index contributed by atoms with van der Waals surface area (Å²) < 4.78 is 0. The van der Waals surface area contributed by atoms with Crippen molar-refractivity contribution in [2.24, 2.45) is 11.3 Å². The van der Waals surface area contributed by atoms with Crippen molar-refractivity contribution in [2.75, 3.05) is 5.75 Å². The van der Waals surface area contributed by atoms with Gasteiger partial charge in [0.25, 0.3) is 0 Å². The van der Waals surface area contributed by atoms with Crippen LogP contribution in [0.3, 0.4) is 0 Å². The molecule has 6 heteroatoms. The van der Waals surface area contributed by atoms with Crippen molar-refractivity contribution in [2.45, 2.75) is 57.9 Å². The molecule has 2 heterocycles. The van der Waals surface area contributed by atoms with Gasteiger partial charge >= 0.3 is 5.97 Å². The molecule has 0 radical (unpaired) electrons. The maximum absolute atomic E-state index is 10.7. The fraction of sp³-hybridized carbons (Fsp3) is 0.611. The van der Waals surface area contributed by atoms with Crippen molar-refractivity contribution in [1.82, 2.24) is 9.97 Å². The summed E-state index contributed by atoms with van der Waals surface area (Å²) >= 11 is 3.49. The Morgan fingerprint density at radius 2 is 2.21 bits per heavy atom. The summed E-state index contributed by atoms with van der Waals surface area (Å²) in [6.45, 7) is 7.00. The highest BCUT2D eigenvalue weighted by atomic mass is 32.2. The van der Waals surface area contributed by atoms with E-state index in [-0.39, 0.29) is 6.42 Å². The zero-order valence-corrected chi connectivity index (χ0v) is 16.1. The van der Waals surface area contributed by atoms with Crippen LogP contribution in [0, 0.1) is 11.3 Å². The number of nitrogens with zero attached hydrogens (tertiary/aromatic N) is 2. The number of hydrogen-bond donors (Lipinski definition) is 1. The Balaban J connectivity index is 1.83. The van der Waals surface area contributed by atoms with Gasteiger partial charge < -0.3 is 5.11 Å². The molecule has 0 saturated carbocycles. The zero-order chi connectivity index (χ0) is 17.3. The third kappa shape index (κ3) is 3.75. The Labute approximate surface area is 151 Å². The van der Waals surface area contributed by atoms with Crippen LogP contribution in [-0.2, 0) is 17.6 Å². The Bertz CT molecular complexity index is 749. The smallest absolute Gasteiger partial charge is 0.303 e. The van der Waals surface area contributed by atoms with E-state index in [0.717, 1.165) is 34.4 Å². The molecule has 0 aromatic carbocycles. The SMILES string of the molecule is CC(C)(C)C1CCc2c(sc3ncnc(SCCCC(=O)O)c23)C1. The number of hydrogen-bond acceptors (Lipinski definition) is 5. The lowest BCUT2D eigenvalue weighted by atomic mass is 9.72. The van der Waals surface area contributed by atoms with E-state index < -0.39 is 5.97 Å². The minimum absolute atomic E-state index is 0.218. The average Bonchev–Trinajstić information content (AvgIpc) is 2.88. The normalized spacial score (nSPS) is 17.9. The van der Waals surface area contributed by atoms with Gasteiger partial charge in [0.1, 0.15) is 16.2 Å². The van der Waals surface area contributed by atoms with E-state index in [2.05, 4.69) is 30.7 Å². The highest BCUT2D eigenvalue weighted by Gasteiger charge is 2.31. The molecule has 1 unspecified atom stereocenters. The second kappa shape index (κ2) is 7.00. The van der Waals surface area contributed by atoms with Gasteiger partial charge in [-0.05, 0) is 42.6 Å². The van der Waals surface area contributed by atoms with Crippen molar-refractivity contribution >= 4 is 39.3 Å². The molecule has 1 N–H and O–H groups in total. The lowest BCUT2D eigenvalue weighted by molar-refractivity contribution is -0.137. The van der Waals surface area contributed by atoms with Crippen molar-refractivity contribution in [3.8, 4) is 0 Å². The number of fused-ring (bicyclic) bond motifs is 3. The molecule has 0 fully saturated rings. The molecule has 3 rings (SSSR count). The fourth-order valence-electron chi connectivity index (χ4n) is 3.32. The fourth-order valence-corrected chi connectivity index (χ4v) is 5.62. The first-order valence-corrected chi connectivity index (χ1v) is 10.3. The second-order valence-corrected chi connectivity index (χ2v) is 9.68. The van der Waals surface area contributed by atoms with Crippen molar-refractivity contribution in [1.29, 1.82) is 0 Å². The Hall–Kier alpha value is -1.14. The largest absolute Gasteiger partial charge is 0.481 e. The maximum Gasteiger partial charge on any atom is 0.303 e. The van der Waals surface area contributed by atoms with Gasteiger partial charge in [0.05, 0.1) is 0 Å². The number of carboxylic acids is 1. The lowest BCUT2D eigenvalue weighted by Gasteiger charge is -2.33. The van der Waals surface area contributed by atoms with Gasteiger partial charge in [-0.3, -0.25) is 4.79 Å². The quantitative estimate of drug-likeness (QED) is 0.469. The third-order valence-electron chi connectivity index (χ3n) is 4.81. The van der Waals surface area contributed by atoms with Crippen molar-refractivity contribution in [3.05, 3.63) is 16.8 Å². The number of aromatic nitrogens is 2. The molecule has 24 heavy (non-hydrogen) atoms. The number of thiophene rings is 1. The molecule has 130 valence electrons. The van der Waals surface area contributed by atoms with Gasteiger partial charge in [-0.1, -0.05) is 20.8 Å². The van der Waals surface area contributed by atoms with Gasteiger partial charge in [-0.2, -0.15) is 0 Å². The monoisotopic (exact) mass is 364 g/mol. The number of carboxylic acid groups (broad SMARTS) is 1. The first kappa shape index (κ1) is 17.7. The zero-order valence-electron chi connectivity index (χ0n) is 14.5. The van der Waals surface area contributed by atoms with Crippen LogP contribution < -0.4 is 0 Å². The standard InChI is InChI=1S/C18H24N2O2S2/c1-18(2,3)11-6-7-12-13(9-11)24-17-15(12)16(19-10-20-17)23-8-4-5-14(21)22/h10-11H,4-9H2,1-3H3,(H,21,22). The second-order valence-electron chi connectivity index (χ2n) is 7.51. The molecule has 0 spiro atoms. The van der Waals surface area contributed by atoms with Crippen LogP contribution in [0.5, 0.6) is 0 Å². The van der Waals surface area contributed by atoms with E-state index in [1.165, 1.54) is 22.2 Å². The van der Waals surface area contributed by atoms with E-state index in [0.29, 0.717) is 11.8 Å². The first-order valence-electron chi connectivity index (χ1n) is 8.46. The van der Waals surface area contributed by atoms with Crippen molar-refractivity contribution in [3.63, 3.8) is 0 Å². The van der Waals surface area contributed by atoms with Crippen molar-refractivity contribution < 1.29 is 9.90 Å². The number of aliphatic carboxylic acids is 1. The lowest BCUT2D eigenvalue weighted by Crippen LogP contribution is -2.26. The molecule has 1 atom stereocenters. The van der Waals surface area contributed by atoms with Gasteiger partial charge in [0.2, 0.25) is 0 Å². The summed E-state index contributed by atoms with van der Waals surface area (Å²) in [5.41, 5.74) is 1.78. The number of rotatable bonds is 5.